The number of aliphatic hydroxyl groups is 8. The Balaban J connectivity index is -0.000000971. The van der Waals surface area contributed by atoms with Gasteiger partial charge in [0.15, 0.2) is 0 Å². The maximum Gasteiger partial charge on any atom is 0.303 e. The van der Waals surface area contributed by atoms with Crippen molar-refractivity contribution in [2.75, 3.05) is 26.4 Å². The summed E-state index contributed by atoms with van der Waals surface area (Å²) in [4.78, 5) is 31.0. The fraction of sp³-hybridized carbons (Fsp3) is 0.864. The van der Waals surface area contributed by atoms with E-state index in [0.717, 1.165) is 38.5 Å². The van der Waals surface area contributed by atoms with E-state index >= 15 is 0 Å². The summed E-state index contributed by atoms with van der Waals surface area (Å²) >= 11 is 0. The van der Waals surface area contributed by atoms with Gasteiger partial charge in [0.25, 0.3) is 0 Å². The van der Waals surface area contributed by atoms with Gasteiger partial charge in [0.1, 0.15) is 48.8 Å². The predicted molar refractivity (Wildman–Crippen MR) is 331 cm³/mol. The molecule has 11 N–H and O–H groups in total. The zero-order chi connectivity index (χ0) is 61.5. The van der Waals surface area contributed by atoms with Crippen LogP contribution in [0.15, 0.2) is 36.5 Å². The van der Waals surface area contributed by atoms with Gasteiger partial charge in [-0.3, -0.25) is 14.4 Å². The van der Waals surface area contributed by atoms with E-state index < -0.39 is 80.0 Å². The quantitative estimate of drug-likeness (QED) is 0.0199. The molecule has 16 heteroatoms. The van der Waals surface area contributed by atoms with E-state index in [0.29, 0.717) is 19.3 Å². The molecule has 82 heavy (non-hydrogen) atoms. The Morgan fingerprint density at radius 2 is 0.549 bits per heavy atom. The van der Waals surface area contributed by atoms with Gasteiger partial charge in [0, 0.05) is 19.3 Å². The first kappa shape index (κ1) is 83.4. The van der Waals surface area contributed by atoms with E-state index in [2.05, 4.69) is 57.2 Å². The average molecular weight is 1180 g/mol. The van der Waals surface area contributed by atoms with Crippen molar-refractivity contribution in [2.24, 2.45) is 0 Å². The van der Waals surface area contributed by atoms with Crippen LogP contribution in [0.1, 0.15) is 290 Å². The molecule has 2 aliphatic rings. The van der Waals surface area contributed by atoms with Crippen molar-refractivity contribution in [1.82, 2.24) is 0 Å². The number of aliphatic carboxylic acids is 3. The number of carbonyl (C=O) groups is 3. The van der Waals surface area contributed by atoms with Gasteiger partial charge in [-0.25, -0.2) is 0 Å². The zero-order valence-electron chi connectivity index (χ0n) is 52.1. The van der Waals surface area contributed by atoms with Crippen LogP contribution in [0.25, 0.3) is 0 Å². The van der Waals surface area contributed by atoms with E-state index in [9.17, 15) is 14.4 Å². The van der Waals surface area contributed by atoms with Crippen LogP contribution < -0.4 is 0 Å². The molecule has 0 aliphatic carbocycles. The number of carboxylic acids is 3. The van der Waals surface area contributed by atoms with E-state index in [4.69, 9.17) is 65.6 Å². The molecule has 0 spiro atoms. The Morgan fingerprint density at radius 1 is 0.354 bits per heavy atom. The lowest BCUT2D eigenvalue weighted by Crippen LogP contribution is -2.40. The Kier molecular flexibility index (Phi) is 66.9. The highest BCUT2D eigenvalue weighted by atomic mass is 16.6. The number of ether oxygens (including phenoxy) is 2. The topological polar surface area (TPSA) is 292 Å². The van der Waals surface area contributed by atoms with Crippen LogP contribution in [0, 0.1) is 0 Å². The van der Waals surface area contributed by atoms with Crippen molar-refractivity contribution < 1.29 is 80.0 Å². The summed E-state index contributed by atoms with van der Waals surface area (Å²) in [5.41, 5.74) is 0. The lowest BCUT2D eigenvalue weighted by Gasteiger charge is -2.18. The molecule has 0 saturated carbocycles. The first-order valence-electron chi connectivity index (χ1n) is 32.8. The fourth-order valence-corrected chi connectivity index (χ4v) is 9.18. The standard InChI is InChI=1S/3C18H34O2.2C6H12O5/c3*1-2-3-4-5-6-7-8-9-10-11-12-13-14-15-16-17-18(19)20;2*7-1-3(8)6-5(10)4(9)2-11-6/h3*9-10H,2-8,11-17H2,1H3,(H,19,20);2*3-10H,1-2H2. The second-order valence-electron chi connectivity index (χ2n) is 22.4. The molecule has 2 heterocycles. The SMILES string of the molecule is CCCCCCCCC=CCCCCCCCC(=O)O.CCCCCCCCC=CCCCCCCCC(=O)O.CCCCCCCCC=CCCCCCCCC(=O)O.OCC(O)C1OCC(O)C1O.OCC(O)C1OCC(O)C1O. The lowest BCUT2D eigenvalue weighted by atomic mass is 10.1. The van der Waals surface area contributed by atoms with Crippen molar-refractivity contribution in [3.63, 3.8) is 0 Å². The van der Waals surface area contributed by atoms with Gasteiger partial charge in [-0.1, -0.05) is 211 Å². The highest BCUT2D eigenvalue weighted by molar-refractivity contribution is 5.67. The lowest BCUT2D eigenvalue weighted by molar-refractivity contribution is -0.138. The van der Waals surface area contributed by atoms with E-state index in [1.807, 2.05) is 0 Å². The van der Waals surface area contributed by atoms with Crippen LogP contribution in [0.2, 0.25) is 0 Å². The van der Waals surface area contributed by atoms with Crippen LogP contribution in [0.3, 0.4) is 0 Å². The van der Waals surface area contributed by atoms with Crippen molar-refractivity contribution in [2.45, 2.75) is 339 Å². The molecule has 16 nitrogen and oxygen atoms in total. The Morgan fingerprint density at radius 3 is 0.720 bits per heavy atom. The molecule has 0 amide bonds. The number of unbranched alkanes of at least 4 members (excludes halogenated alkanes) is 33. The third kappa shape index (κ3) is 60.4. The summed E-state index contributed by atoms with van der Waals surface area (Å²) in [6, 6.07) is 0. The molecule has 0 aromatic carbocycles. The Hall–Kier alpha value is -2.77. The highest BCUT2D eigenvalue weighted by Crippen LogP contribution is 2.19. The molecular weight excluding hydrogens is 1050 g/mol. The highest BCUT2D eigenvalue weighted by Gasteiger charge is 2.39. The summed E-state index contributed by atoms with van der Waals surface area (Å²) in [6.45, 7) is 5.83. The molecule has 8 unspecified atom stereocenters. The van der Waals surface area contributed by atoms with Crippen LogP contribution >= 0.6 is 0 Å². The zero-order valence-corrected chi connectivity index (χ0v) is 52.1. The van der Waals surface area contributed by atoms with Crippen molar-refractivity contribution in [3.05, 3.63) is 36.5 Å². The molecule has 2 aliphatic heterocycles. The van der Waals surface area contributed by atoms with E-state index in [1.54, 1.807) is 0 Å². The summed E-state index contributed by atoms with van der Waals surface area (Å²) in [7, 11) is 0. The van der Waals surface area contributed by atoms with Crippen LogP contribution in [0.5, 0.6) is 0 Å². The minimum absolute atomic E-state index is 0.00287. The van der Waals surface area contributed by atoms with E-state index in [1.165, 1.54) is 212 Å². The van der Waals surface area contributed by atoms with Gasteiger partial charge in [-0.15, -0.1) is 0 Å². The maximum atomic E-state index is 10.3. The number of allylic oxidation sites excluding steroid dienone is 6. The van der Waals surface area contributed by atoms with Crippen molar-refractivity contribution >= 4 is 17.9 Å². The number of hydrogen-bond acceptors (Lipinski definition) is 13. The van der Waals surface area contributed by atoms with Gasteiger partial charge in [-0.2, -0.15) is 0 Å². The number of hydrogen-bond donors (Lipinski definition) is 11. The summed E-state index contributed by atoms with van der Waals surface area (Å²) in [6.07, 6.45) is 55.6. The van der Waals surface area contributed by atoms with Gasteiger partial charge >= 0.3 is 17.9 Å². The smallest absolute Gasteiger partial charge is 0.303 e. The first-order chi connectivity index (χ1) is 39.6. The normalized spacial score (nSPS) is 19.2. The number of carboxylic acid groups (broad SMARTS) is 3. The second-order valence-corrected chi connectivity index (χ2v) is 22.4. The largest absolute Gasteiger partial charge is 0.481 e. The van der Waals surface area contributed by atoms with Gasteiger partial charge in [-0.05, 0) is 96.3 Å². The van der Waals surface area contributed by atoms with Crippen LogP contribution in [0.4, 0.5) is 0 Å². The summed E-state index contributed by atoms with van der Waals surface area (Å²) in [5, 5.41) is 96.6. The summed E-state index contributed by atoms with van der Waals surface area (Å²) < 4.78 is 9.64. The minimum Gasteiger partial charge on any atom is -0.481 e. The van der Waals surface area contributed by atoms with Crippen molar-refractivity contribution in [3.8, 4) is 0 Å². The van der Waals surface area contributed by atoms with Crippen LogP contribution in [-0.4, -0.2) is 149 Å². The second kappa shape index (κ2) is 65.8. The molecule has 0 bridgehead atoms. The molecule has 0 radical (unpaired) electrons. The third-order valence-corrected chi connectivity index (χ3v) is 14.5. The Labute approximate surface area is 498 Å². The molecule has 486 valence electrons. The summed E-state index contributed by atoms with van der Waals surface area (Å²) in [5.74, 6) is -1.99. The van der Waals surface area contributed by atoms with Gasteiger partial charge in [0.2, 0.25) is 0 Å². The maximum absolute atomic E-state index is 10.3. The molecule has 2 rings (SSSR count). The number of aliphatic hydroxyl groups excluding tert-OH is 8. The van der Waals surface area contributed by atoms with Gasteiger partial charge < -0.3 is 65.6 Å². The van der Waals surface area contributed by atoms with Crippen LogP contribution in [-0.2, 0) is 23.9 Å². The third-order valence-electron chi connectivity index (χ3n) is 14.5. The Bertz CT molecular complexity index is 1300. The molecule has 2 saturated heterocycles. The molecule has 0 aromatic rings. The molecule has 0 aromatic heterocycles. The van der Waals surface area contributed by atoms with Crippen molar-refractivity contribution in [1.29, 1.82) is 0 Å². The molecular formula is C66H126O16. The number of rotatable bonds is 49. The molecule has 8 atom stereocenters. The average Bonchev–Trinajstić information content (AvgIpc) is 3.99. The molecule has 2 fully saturated rings. The fourth-order valence-electron chi connectivity index (χ4n) is 9.18. The minimum atomic E-state index is -1.12. The van der Waals surface area contributed by atoms with Gasteiger partial charge in [0.05, 0.1) is 26.4 Å². The predicted octanol–water partition coefficient (Wildman–Crippen LogP) is 13.2. The monoisotopic (exact) mass is 1170 g/mol. The first-order valence-corrected chi connectivity index (χ1v) is 32.8. The van der Waals surface area contributed by atoms with E-state index in [-0.39, 0.29) is 13.2 Å².